The molecule has 2 N–H and O–H groups in total. The molecule has 1 aromatic heterocycles. The van der Waals surface area contributed by atoms with Crippen LogP contribution < -0.4 is 10.0 Å². The maximum absolute atomic E-state index is 12.6. The van der Waals surface area contributed by atoms with Gasteiger partial charge in [0.25, 0.3) is 0 Å². The average molecular weight is 367 g/mol. The van der Waals surface area contributed by atoms with Crippen molar-refractivity contribution in [3.8, 4) is 0 Å². The Morgan fingerprint density at radius 1 is 1.36 bits per heavy atom. The molecule has 0 bridgehead atoms. The number of urea groups is 1. The van der Waals surface area contributed by atoms with Crippen LogP contribution >= 0.6 is 0 Å². The number of rotatable bonds is 5. The van der Waals surface area contributed by atoms with Gasteiger partial charge in [-0.15, -0.1) is 0 Å². The van der Waals surface area contributed by atoms with Crippen LogP contribution in [0.5, 0.6) is 0 Å². The summed E-state index contributed by atoms with van der Waals surface area (Å²) in [4.78, 5) is 23.0. The van der Waals surface area contributed by atoms with Crippen molar-refractivity contribution >= 4 is 21.7 Å². The summed E-state index contributed by atoms with van der Waals surface area (Å²) >= 11 is 0. The topological polar surface area (TPSA) is 104 Å². The summed E-state index contributed by atoms with van der Waals surface area (Å²) in [6, 6.07) is -0.207. The second-order valence-corrected chi connectivity index (χ2v) is 8.83. The minimum absolute atomic E-state index is 0.0471. The summed E-state index contributed by atoms with van der Waals surface area (Å²) in [5, 5.41) is 2.92. The van der Waals surface area contributed by atoms with Crippen molar-refractivity contribution in [2.45, 2.75) is 38.5 Å². The van der Waals surface area contributed by atoms with Crippen molar-refractivity contribution in [2.75, 3.05) is 31.2 Å². The van der Waals surface area contributed by atoms with Crippen LogP contribution in [0.15, 0.2) is 6.20 Å². The molecule has 0 radical (unpaired) electrons. The zero-order chi connectivity index (χ0) is 18.0. The third kappa shape index (κ3) is 4.66. The monoisotopic (exact) mass is 367 g/mol. The lowest BCUT2D eigenvalue weighted by molar-refractivity contribution is 0.182. The van der Waals surface area contributed by atoms with Gasteiger partial charge in [-0.2, -0.15) is 0 Å². The molecule has 8 nitrogen and oxygen atoms in total. The van der Waals surface area contributed by atoms with Gasteiger partial charge in [-0.3, -0.25) is 0 Å². The maximum atomic E-state index is 12.6. The highest BCUT2D eigenvalue weighted by atomic mass is 32.2. The highest BCUT2D eigenvalue weighted by Gasteiger charge is 2.31. The molecule has 1 atom stereocenters. The van der Waals surface area contributed by atoms with Crippen LogP contribution in [0.25, 0.3) is 0 Å². The molecule has 1 saturated carbocycles. The molecule has 1 aliphatic carbocycles. The van der Waals surface area contributed by atoms with E-state index in [2.05, 4.69) is 20.0 Å². The molecule has 138 valence electrons. The summed E-state index contributed by atoms with van der Waals surface area (Å²) in [7, 11) is -1.85. The number of likely N-dealkylation sites (tertiary alicyclic amines) is 1. The van der Waals surface area contributed by atoms with E-state index in [-0.39, 0.29) is 17.7 Å². The molecule has 2 heterocycles. The van der Waals surface area contributed by atoms with Crippen LogP contribution in [-0.2, 0) is 10.0 Å². The largest absolute Gasteiger partial charge is 0.324 e. The van der Waals surface area contributed by atoms with Crippen LogP contribution in [-0.4, -0.2) is 55.2 Å². The van der Waals surface area contributed by atoms with Gasteiger partial charge < -0.3 is 10.2 Å². The predicted octanol–water partition coefficient (Wildman–Crippen LogP) is 1.46. The molecule has 2 amide bonds. The van der Waals surface area contributed by atoms with Gasteiger partial charge in [-0.05, 0) is 45.6 Å². The zero-order valence-corrected chi connectivity index (χ0v) is 15.5. The number of amides is 2. The number of hydrogen-bond donors (Lipinski definition) is 2. The molecule has 25 heavy (non-hydrogen) atoms. The van der Waals surface area contributed by atoms with Gasteiger partial charge in [0.2, 0.25) is 10.0 Å². The van der Waals surface area contributed by atoms with Crippen LogP contribution in [0.4, 0.5) is 10.5 Å². The van der Waals surface area contributed by atoms with E-state index in [1.807, 2.05) is 6.92 Å². The minimum Gasteiger partial charge on any atom is -0.324 e. The summed E-state index contributed by atoms with van der Waals surface area (Å²) < 4.78 is 25.8. The quantitative estimate of drug-likeness (QED) is 0.820. The van der Waals surface area contributed by atoms with Crippen molar-refractivity contribution in [1.29, 1.82) is 0 Å². The van der Waals surface area contributed by atoms with Crippen molar-refractivity contribution in [1.82, 2.24) is 19.6 Å². The van der Waals surface area contributed by atoms with E-state index in [0.29, 0.717) is 30.5 Å². The minimum atomic E-state index is -3.27. The lowest BCUT2D eigenvalue weighted by Crippen LogP contribution is -2.44. The average Bonchev–Trinajstić information content (AvgIpc) is 3.41. The highest BCUT2D eigenvalue weighted by Crippen LogP contribution is 2.42. The van der Waals surface area contributed by atoms with Gasteiger partial charge in [0, 0.05) is 19.0 Å². The fourth-order valence-corrected chi connectivity index (χ4v) is 4.28. The van der Waals surface area contributed by atoms with Gasteiger partial charge in [0.15, 0.2) is 0 Å². The first kappa shape index (κ1) is 18.1. The van der Waals surface area contributed by atoms with Crippen molar-refractivity contribution in [2.24, 2.45) is 5.92 Å². The Morgan fingerprint density at radius 2 is 2.12 bits per heavy atom. The molecule has 0 aromatic carbocycles. The standard InChI is InChI=1S/C16H25N5O3S/c1-11-18-8-14(15(19-11)13-5-6-13)20-16(22)21-7-3-4-12(9-21)10-25(23,24)17-2/h8,12-13,17H,3-7,9-10H2,1-2H3,(H,20,22). The summed E-state index contributed by atoms with van der Waals surface area (Å²) in [5.41, 5.74) is 1.58. The normalized spacial score (nSPS) is 21.2. The van der Waals surface area contributed by atoms with Crippen LogP contribution in [0.2, 0.25) is 0 Å². The first-order valence-corrected chi connectivity index (χ1v) is 10.3. The van der Waals surface area contributed by atoms with Crippen LogP contribution in [0.3, 0.4) is 0 Å². The number of aromatic nitrogens is 2. The Hall–Kier alpha value is -1.74. The number of carbonyl (C=O) groups excluding carboxylic acids is 1. The van der Waals surface area contributed by atoms with Crippen LogP contribution in [0.1, 0.15) is 43.1 Å². The Bertz CT molecular complexity index is 748. The van der Waals surface area contributed by atoms with E-state index in [0.717, 1.165) is 31.4 Å². The molecular formula is C16H25N5O3S. The lowest BCUT2D eigenvalue weighted by Gasteiger charge is -2.32. The van der Waals surface area contributed by atoms with E-state index in [4.69, 9.17) is 0 Å². The molecule has 1 aliphatic heterocycles. The van der Waals surface area contributed by atoms with Gasteiger partial charge in [-0.25, -0.2) is 27.9 Å². The summed E-state index contributed by atoms with van der Waals surface area (Å²) in [5.74, 6) is 1.12. The number of nitrogens with zero attached hydrogens (tertiary/aromatic N) is 3. The lowest BCUT2D eigenvalue weighted by atomic mass is 10.0. The highest BCUT2D eigenvalue weighted by molar-refractivity contribution is 7.89. The van der Waals surface area contributed by atoms with Crippen molar-refractivity contribution in [3.63, 3.8) is 0 Å². The number of hydrogen-bond acceptors (Lipinski definition) is 5. The molecule has 2 fully saturated rings. The Kier molecular flexibility index (Phi) is 5.24. The zero-order valence-electron chi connectivity index (χ0n) is 14.7. The Balaban J connectivity index is 1.65. The van der Waals surface area contributed by atoms with Crippen LogP contribution in [0, 0.1) is 12.8 Å². The molecule has 9 heteroatoms. The van der Waals surface area contributed by atoms with E-state index in [9.17, 15) is 13.2 Å². The van der Waals surface area contributed by atoms with E-state index in [1.165, 1.54) is 7.05 Å². The molecule has 1 aromatic rings. The Morgan fingerprint density at radius 3 is 2.80 bits per heavy atom. The van der Waals surface area contributed by atoms with E-state index in [1.54, 1.807) is 11.1 Å². The third-order valence-electron chi connectivity index (χ3n) is 4.72. The number of anilines is 1. The van der Waals surface area contributed by atoms with E-state index >= 15 is 0 Å². The predicted molar refractivity (Wildman–Crippen MR) is 94.9 cm³/mol. The molecule has 0 spiro atoms. The SMILES string of the molecule is CNS(=O)(=O)CC1CCCN(C(=O)Nc2cnc(C)nc2C2CC2)C1. The molecule has 2 aliphatic rings. The van der Waals surface area contributed by atoms with Gasteiger partial charge >= 0.3 is 6.03 Å². The van der Waals surface area contributed by atoms with Crippen molar-refractivity contribution < 1.29 is 13.2 Å². The van der Waals surface area contributed by atoms with Gasteiger partial charge in [0.1, 0.15) is 5.82 Å². The number of nitrogens with one attached hydrogen (secondary N) is 2. The maximum Gasteiger partial charge on any atom is 0.321 e. The molecule has 3 rings (SSSR count). The van der Waals surface area contributed by atoms with Gasteiger partial charge in [0.05, 0.1) is 23.3 Å². The number of piperidine rings is 1. The second-order valence-electron chi connectivity index (χ2n) is 6.86. The number of sulfonamides is 1. The van der Waals surface area contributed by atoms with Gasteiger partial charge in [-0.1, -0.05) is 0 Å². The van der Waals surface area contributed by atoms with Crippen molar-refractivity contribution in [3.05, 3.63) is 17.7 Å². The third-order valence-corrected chi connectivity index (χ3v) is 6.25. The second kappa shape index (κ2) is 7.25. The van der Waals surface area contributed by atoms with E-state index < -0.39 is 10.0 Å². The fourth-order valence-electron chi connectivity index (χ4n) is 3.23. The summed E-state index contributed by atoms with van der Waals surface area (Å²) in [6.07, 6.45) is 5.46. The number of aryl methyl sites for hydroxylation is 1. The first-order valence-electron chi connectivity index (χ1n) is 8.68. The molecular weight excluding hydrogens is 342 g/mol. The summed E-state index contributed by atoms with van der Waals surface area (Å²) in [6.45, 7) is 2.92. The Labute approximate surface area is 148 Å². The fraction of sp³-hybridized carbons (Fsp3) is 0.688. The first-order chi connectivity index (χ1) is 11.9. The molecule has 1 saturated heterocycles. The molecule has 1 unspecified atom stereocenters. The smallest absolute Gasteiger partial charge is 0.321 e. The number of carbonyl (C=O) groups is 1.